The number of amides is 2. The Morgan fingerprint density at radius 2 is 2.05 bits per heavy atom. The molecule has 0 bridgehead atoms. The average molecular weight is 304 g/mol. The number of carboxylic acid groups (broad SMARTS) is 1. The molecule has 0 spiro atoms. The van der Waals surface area contributed by atoms with E-state index in [1.165, 1.54) is 11.1 Å². The largest absolute Gasteiger partial charge is 0.481 e. The number of aryl methyl sites for hydroxylation is 1. The van der Waals surface area contributed by atoms with Gasteiger partial charge in [0.2, 0.25) is 0 Å². The molecule has 0 aliphatic carbocycles. The number of carbonyl (C=O) groups is 2. The number of nitrogens with one attached hydrogen (secondary N) is 1. The van der Waals surface area contributed by atoms with Crippen molar-refractivity contribution >= 4 is 12.0 Å². The molecule has 0 saturated carbocycles. The molecule has 1 heterocycles. The molecule has 0 aromatic heterocycles. The van der Waals surface area contributed by atoms with Crippen molar-refractivity contribution in [2.75, 3.05) is 19.6 Å². The number of nitrogens with zero attached hydrogens (tertiary/aromatic N) is 1. The molecule has 2 rings (SSSR count). The number of rotatable bonds is 6. The summed E-state index contributed by atoms with van der Waals surface area (Å²) in [5.41, 5.74) is 2.62. The summed E-state index contributed by atoms with van der Waals surface area (Å²) in [6.07, 6.45) is 2.58. The van der Waals surface area contributed by atoms with Gasteiger partial charge in [-0.05, 0) is 30.4 Å². The fourth-order valence-electron chi connectivity index (χ4n) is 2.79. The Morgan fingerprint density at radius 3 is 2.68 bits per heavy atom. The summed E-state index contributed by atoms with van der Waals surface area (Å²) in [4.78, 5) is 24.3. The van der Waals surface area contributed by atoms with Crippen molar-refractivity contribution in [3.8, 4) is 0 Å². The predicted octanol–water partition coefficient (Wildman–Crippen LogP) is 2.61. The maximum Gasteiger partial charge on any atom is 0.317 e. The lowest BCUT2D eigenvalue weighted by molar-refractivity contribution is -0.137. The standard InChI is InChI=1S/C17H24N2O3/c1-2-13-5-7-14(8-6-13)15-9-11-19(12-15)17(22)18-10-3-4-16(20)21/h5-8,15H,2-4,9-12H2,1H3,(H,18,22)(H,20,21). The van der Waals surface area contributed by atoms with Crippen LogP contribution in [0.2, 0.25) is 0 Å². The minimum atomic E-state index is -0.828. The van der Waals surface area contributed by atoms with E-state index in [0.29, 0.717) is 18.9 Å². The van der Waals surface area contributed by atoms with Gasteiger partial charge in [0.15, 0.2) is 0 Å². The molecule has 1 aliphatic heterocycles. The van der Waals surface area contributed by atoms with Crippen LogP contribution >= 0.6 is 0 Å². The van der Waals surface area contributed by atoms with Crippen LogP contribution in [0.5, 0.6) is 0 Å². The zero-order chi connectivity index (χ0) is 15.9. The van der Waals surface area contributed by atoms with Gasteiger partial charge in [0.05, 0.1) is 0 Å². The van der Waals surface area contributed by atoms with Gasteiger partial charge in [-0.1, -0.05) is 31.2 Å². The van der Waals surface area contributed by atoms with Gasteiger partial charge in [0.25, 0.3) is 0 Å². The third kappa shape index (κ3) is 4.48. The summed E-state index contributed by atoms with van der Waals surface area (Å²) in [6, 6.07) is 8.56. The topological polar surface area (TPSA) is 69.6 Å². The summed E-state index contributed by atoms with van der Waals surface area (Å²) in [5.74, 6) is -0.429. The lowest BCUT2D eigenvalue weighted by Gasteiger charge is -2.17. The summed E-state index contributed by atoms with van der Waals surface area (Å²) in [6.45, 7) is 4.04. The lowest BCUT2D eigenvalue weighted by atomic mass is 9.97. The molecule has 1 unspecified atom stereocenters. The molecule has 120 valence electrons. The number of likely N-dealkylation sites (tertiary alicyclic amines) is 1. The van der Waals surface area contributed by atoms with Crippen molar-refractivity contribution in [1.82, 2.24) is 10.2 Å². The fraction of sp³-hybridized carbons (Fsp3) is 0.529. The Labute approximate surface area is 131 Å². The first-order valence-corrected chi connectivity index (χ1v) is 7.93. The molecule has 1 aromatic rings. The van der Waals surface area contributed by atoms with Gasteiger partial charge >= 0.3 is 12.0 Å². The monoisotopic (exact) mass is 304 g/mol. The van der Waals surface area contributed by atoms with E-state index in [2.05, 4.69) is 36.5 Å². The molecule has 0 radical (unpaired) electrons. The van der Waals surface area contributed by atoms with E-state index in [0.717, 1.165) is 25.9 Å². The second-order valence-corrected chi connectivity index (χ2v) is 5.76. The highest BCUT2D eigenvalue weighted by Crippen LogP contribution is 2.27. The summed E-state index contributed by atoms with van der Waals surface area (Å²) in [5, 5.41) is 11.4. The van der Waals surface area contributed by atoms with E-state index in [4.69, 9.17) is 5.11 Å². The smallest absolute Gasteiger partial charge is 0.317 e. The average Bonchev–Trinajstić information content (AvgIpc) is 3.01. The Hall–Kier alpha value is -2.04. The summed E-state index contributed by atoms with van der Waals surface area (Å²) >= 11 is 0. The van der Waals surface area contributed by atoms with E-state index >= 15 is 0 Å². The van der Waals surface area contributed by atoms with Crippen molar-refractivity contribution in [2.45, 2.75) is 38.5 Å². The van der Waals surface area contributed by atoms with Crippen molar-refractivity contribution in [2.24, 2.45) is 0 Å². The molecular weight excluding hydrogens is 280 g/mol. The van der Waals surface area contributed by atoms with Gasteiger partial charge in [0.1, 0.15) is 0 Å². The van der Waals surface area contributed by atoms with E-state index < -0.39 is 5.97 Å². The molecule has 1 aromatic carbocycles. The molecule has 2 amide bonds. The van der Waals surface area contributed by atoms with Crippen LogP contribution in [0, 0.1) is 0 Å². The predicted molar refractivity (Wildman–Crippen MR) is 85.0 cm³/mol. The molecule has 1 aliphatic rings. The van der Waals surface area contributed by atoms with Crippen LogP contribution < -0.4 is 5.32 Å². The number of aliphatic carboxylic acids is 1. The van der Waals surface area contributed by atoms with Crippen LogP contribution in [0.15, 0.2) is 24.3 Å². The highest BCUT2D eigenvalue weighted by molar-refractivity contribution is 5.74. The minimum absolute atomic E-state index is 0.0851. The van der Waals surface area contributed by atoms with Crippen LogP contribution in [0.3, 0.4) is 0 Å². The third-order valence-corrected chi connectivity index (χ3v) is 4.18. The van der Waals surface area contributed by atoms with Gasteiger partial charge in [0, 0.05) is 32.0 Å². The van der Waals surface area contributed by atoms with Crippen LogP contribution in [0.4, 0.5) is 4.79 Å². The van der Waals surface area contributed by atoms with E-state index in [1.807, 2.05) is 4.90 Å². The zero-order valence-electron chi connectivity index (χ0n) is 13.0. The van der Waals surface area contributed by atoms with Crippen LogP contribution in [0.25, 0.3) is 0 Å². The maximum atomic E-state index is 12.0. The lowest BCUT2D eigenvalue weighted by Crippen LogP contribution is -2.38. The number of carboxylic acids is 1. The number of urea groups is 1. The maximum absolute atomic E-state index is 12.0. The van der Waals surface area contributed by atoms with Crippen molar-refractivity contribution in [1.29, 1.82) is 0 Å². The first kappa shape index (κ1) is 16.3. The van der Waals surface area contributed by atoms with Crippen molar-refractivity contribution in [3.05, 3.63) is 35.4 Å². The summed E-state index contributed by atoms with van der Waals surface area (Å²) in [7, 11) is 0. The first-order valence-electron chi connectivity index (χ1n) is 7.93. The van der Waals surface area contributed by atoms with Gasteiger partial charge in [-0.2, -0.15) is 0 Å². The highest BCUT2D eigenvalue weighted by atomic mass is 16.4. The Bertz CT molecular complexity index is 513. The molecule has 1 atom stereocenters. The second kappa shape index (κ2) is 7.82. The number of hydrogen-bond acceptors (Lipinski definition) is 2. The molecule has 2 N–H and O–H groups in total. The number of benzene rings is 1. The molecule has 5 nitrogen and oxygen atoms in total. The third-order valence-electron chi connectivity index (χ3n) is 4.18. The van der Waals surface area contributed by atoms with Gasteiger partial charge in [-0.15, -0.1) is 0 Å². The van der Waals surface area contributed by atoms with E-state index in [9.17, 15) is 9.59 Å². The molecule has 1 saturated heterocycles. The van der Waals surface area contributed by atoms with Gasteiger partial charge < -0.3 is 15.3 Å². The molecular formula is C17H24N2O3. The number of carbonyl (C=O) groups excluding carboxylic acids is 1. The van der Waals surface area contributed by atoms with Crippen LogP contribution in [0.1, 0.15) is 43.2 Å². The quantitative estimate of drug-likeness (QED) is 0.794. The Balaban J connectivity index is 1.78. The van der Waals surface area contributed by atoms with Crippen LogP contribution in [-0.2, 0) is 11.2 Å². The van der Waals surface area contributed by atoms with Gasteiger partial charge in [-0.3, -0.25) is 4.79 Å². The Morgan fingerprint density at radius 1 is 1.32 bits per heavy atom. The normalized spacial score (nSPS) is 17.5. The van der Waals surface area contributed by atoms with Gasteiger partial charge in [-0.25, -0.2) is 4.79 Å². The Kier molecular flexibility index (Phi) is 5.81. The van der Waals surface area contributed by atoms with E-state index in [-0.39, 0.29) is 12.5 Å². The zero-order valence-corrected chi connectivity index (χ0v) is 13.0. The SMILES string of the molecule is CCc1ccc(C2CCN(C(=O)NCCCC(=O)O)C2)cc1. The highest BCUT2D eigenvalue weighted by Gasteiger charge is 2.26. The van der Waals surface area contributed by atoms with E-state index in [1.54, 1.807) is 0 Å². The molecule has 1 fully saturated rings. The number of hydrogen-bond donors (Lipinski definition) is 2. The summed E-state index contributed by atoms with van der Waals surface area (Å²) < 4.78 is 0. The molecule has 5 heteroatoms. The second-order valence-electron chi connectivity index (χ2n) is 5.76. The van der Waals surface area contributed by atoms with Crippen molar-refractivity contribution < 1.29 is 14.7 Å². The van der Waals surface area contributed by atoms with Crippen molar-refractivity contribution in [3.63, 3.8) is 0 Å². The molecule has 22 heavy (non-hydrogen) atoms. The van der Waals surface area contributed by atoms with Crippen LogP contribution in [-0.4, -0.2) is 41.6 Å². The minimum Gasteiger partial charge on any atom is -0.481 e. The first-order chi connectivity index (χ1) is 10.6. The fourth-order valence-corrected chi connectivity index (χ4v) is 2.79.